The Bertz CT molecular complexity index is 1460. The highest BCUT2D eigenvalue weighted by Crippen LogP contribution is 2.40. The zero-order valence-corrected chi connectivity index (χ0v) is 27.0. The van der Waals surface area contributed by atoms with Gasteiger partial charge in [0.2, 0.25) is 15.9 Å². The average molecular weight is 741 g/mol. The molecule has 1 aliphatic carbocycles. The van der Waals surface area contributed by atoms with Crippen LogP contribution in [0.3, 0.4) is 0 Å². The van der Waals surface area contributed by atoms with Crippen LogP contribution in [0.5, 0.6) is 5.75 Å². The number of carboxylic acids is 1. The van der Waals surface area contributed by atoms with Crippen molar-refractivity contribution in [1.29, 1.82) is 0 Å². The third-order valence-corrected chi connectivity index (χ3v) is 10.4. The number of amides is 1. The number of halogens is 6. The fourth-order valence-electron chi connectivity index (χ4n) is 6.18. The van der Waals surface area contributed by atoms with Crippen LogP contribution in [-0.2, 0) is 25.5 Å². The van der Waals surface area contributed by atoms with Gasteiger partial charge in [-0.3, -0.25) is 4.79 Å². The Kier molecular flexibility index (Phi) is 11.4. The molecule has 2 aromatic rings. The summed E-state index contributed by atoms with van der Waals surface area (Å²) >= 11 is 3.23. The number of fused-ring (bicyclic) bond motifs is 2. The van der Waals surface area contributed by atoms with Crippen LogP contribution in [0.2, 0.25) is 0 Å². The average Bonchev–Trinajstić information content (AvgIpc) is 3.60. The molecule has 0 spiro atoms. The molecule has 2 saturated heterocycles. The maximum atomic E-state index is 16.0. The molecule has 3 aliphatic rings. The number of aliphatic carboxylic acids is 1. The molecular formula is C30H35BrF5N3O6S. The summed E-state index contributed by atoms with van der Waals surface area (Å²) in [6.07, 6.45) is 1.86. The van der Waals surface area contributed by atoms with E-state index in [1.165, 1.54) is 66.3 Å². The molecule has 254 valence electrons. The van der Waals surface area contributed by atoms with Crippen molar-refractivity contribution in [3.8, 4) is 5.75 Å². The Hall–Kier alpha value is -2.82. The smallest absolute Gasteiger partial charge is 0.490 e. The highest BCUT2D eigenvalue weighted by molar-refractivity contribution is 9.10. The summed E-state index contributed by atoms with van der Waals surface area (Å²) in [5, 5.41) is 7.12. The molecule has 16 heteroatoms. The van der Waals surface area contributed by atoms with Crippen LogP contribution in [0.25, 0.3) is 0 Å². The first-order valence-electron chi connectivity index (χ1n) is 14.8. The predicted molar refractivity (Wildman–Crippen MR) is 161 cm³/mol. The number of carbonyl (C=O) groups excluding carboxylic acids is 1. The molecule has 2 unspecified atom stereocenters. The number of ether oxygens (including phenoxy) is 1. The van der Waals surface area contributed by atoms with Crippen molar-refractivity contribution in [2.75, 3.05) is 6.61 Å². The third-order valence-electron chi connectivity index (χ3n) is 8.47. The van der Waals surface area contributed by atoms with Gasteiger partial charge in [0.25, 0.3) is 5.92 Å². The number of carbonyl (C=O) groups is 2. The van der Waals surface area contributed by atoms with Gasteiger partial charge in [0.15, 0.2) is 6.04 Å². The minimum Gasteiger partial charge on any atom is -0.493 e. The van der Waals surface area contributed by atoms with Gasteiger partial charge < -0.3 is 20.5 Å². The summed E-state index contributed by atoms with van der Waals surface area (Å²) in [6, 6.07) is 7.92. The molecule has 9 nitrogen and oxygen atoms in total. The molecule has 46 heavy (non-hydrogen) atoms. The summed E-state index contributed by atoms with van der Waals surface area (Å²) in [5.74, 6) is -6.50. The van der Waals surface area contributed by atoms with Crippen molar-refractivity contribution in [2.24, 2.45) is 11.7 Å². The number of hydrogen-bond acceptors (Lipinski definition) is 6. The number of benzene rings is 2. The molecule has 2 heterocycles. The molecule has 0 radical (unpaired) electrons. The van der Waals surface area contributed by atoms with E-state index in [2.05, 4.69) is 20.7 Å². The SMILES string of the molecule is NC1CC2CCC(C1)N2C(=O)[C@H](NS(=O)(=O)c1ccc(OCC2CCCC2)cc1)C(F)(F)c1ccc(Br)cc1.O=C(O)C(F)(F)F. The molecule has 3 fully saturated rings. The molecule has 5 rings (SSSR count). The highest BCUT2D eigenvalue weighted by Gasteiger charge is 2.53. The molecule has 2 bridgehead atoms. The first-order chi connectivity index (χ1) is 21.5. The van der Waals surface area contributed by atoms with Gasteiger partial charge in [-0.1, -0.05) is 40.9 Å². The maximum Gasteiger partial charge on any atom is 0.490 e. The van der Waals surface area contributed by atoms with Gasteiger partial charge in [-0.05, 0) is 80.8 Å². The van der Waals surface area contributed by atoms with Gasteiger partial charge in [-0.2, -0.15) is 26.7 Å². The lowest BCUT2D eigenvalue weighted by atomic mass is 9.95. The number of nitrogens with two attached hydrogens (primary N) is 1. The minimum atomic E-state index is -5.08. The third kappa shape index (κ3) is 8.75. The second kappa shape index (κ2) is 14.5. The molecular weight excluding hydrogens is 705 g/mol. The number of carboxylic acid groups (broad SMARTS) is 1. The number of piperidine rings is 1. The van der Waals surface area contributed by atoms with Crippen LogP contribution in [0.1, 0.15) is 56.9 Å². The summed E-state index contributed by atoms with van der Waals surface area (Å²) in [6.45, 7) is 0.558. The number of rotatable bonds is 9. The fraction of sp³-hybridized carbons (Fsp3) is 0.533. The van der Waals surface area contributed by atoms with E-state index >= 15 is 8.78 Å². The topological polar surface area (TPSA) is 139 Å². The second-order valence-corrected chi connectivity index (χ2v) is 14.4. The van der Waals surface area contributed by atoms with Crippen molar-refractivity contribution >= 4 is 37.8 Å². The fourth-order valence-corrected chi connectivity index (χ4v) is 7.63. The van der Waals surface area contributed by atoms with E-state index in [0.717, 1.165) is 12.8 Å². The van der Waals surface area contributed by atoms with Crippen LogP contribution in [0.15, 0.2) is 57.9 Å². The standard InChI is InChI=1S/C28H34BrF2N3O4S.C2HF3O2/c29-20-7-5-19(6-8-20)28(30,31)26(27(35)34-22-9-10-23(34)16-21(32)15-22)33-39(36,37)25-13-11-24(12-14-25)38-17-18-3-1-2-4-18;3-2(4,5)1(6)7/h5-8,11-14,18,21-23,26,33H,1-4,9-10,15-17,32H2;(H,6,7)/t21?,22?,23?,26-;/m0./s1. The van der Waals surface area contributed by atoms with Crippen molar-refractivity contribution in [3.05, 3.63) is 58.6 Å². The van der Waals surface area contributed by atoms with Gasteiger partial charge >= 0.3 is 12.1 Å². The zero-order chi connectivity index (χ0) is 33.9. The predicted octanol–water partition coefficient (Wildman–Crippen LogP) is 5.57. The zero-order valence-electron chi connectivity index (χ0n) is 24.6. The van der Waals surface area contributed by atoms with Gasteiger partial charge in [0.1, 0.15) is 5.75 Å². The van der Waals surface area contributed by atoms with Crippen molar-refractivity contribution in [2.45, 2.75) is 92.5 Å². The number of nitrogens with zero attached hydrogens (tertiary/aromatic N) is 1. The Labute approximate surface area is 271 Å². The molecule has 3 atom stereocenters. The number of alkyl halides is 5. The van der Waals surface area contributed by atoms with E-state index in [-0.39, 0.29) is 23.0 Å². The quantitative estimate of drug-likeness (QED) is 0.286. The number of sulfonamides is 1. The van der Waals surface area contributed by atoms with Crippen LogP contribution in [-0.4, -0.2) is 67.3 Å². The lowest BCUT2D eigenvalue weighted by Crippen LogP contribution is -2.60. The highest BCUT2D eigenvalue weighted by atomic mass is 79.9. The Morgan fingerprint density at radius 3 is 1.98 bits per heavy atom. The first-order valence-corrected chi connectivity index (χ1v) is 17.0. The monoisotopic (exact) mass is 739 g/mol. The summed E-state index contributed by atoms with van der Waals surface area (Å²) in [4.78, 5) is 23.9. The normalized spacial score (nSPS) is 22.6. The number of nitrogens with one attached hydrogen (secondary N) is 1. The van der Waals surface area contributed by atoms with Gasteiger partial charge in [0.05, 0.1) is 11.5 Å². The van der Waals surface area contributed by atoms with E-state index in [9.17, 15) is 26.4 Å². The van der Waals surface area contributed by atoms with E-state index in [0.29, 0.717) is 48.4 Å². The van der Waals surface area contributed by atoms with Gasteiger partial charge in [-0.15, -0.1) is 0 Å². The minimum absolute atomic E-state index is 0.108. The lowest BCUT2D eigenvalue weighted by Gasteiger charge is -2.41. The summed E-state index contributed by atoms with van der Waals surface area (Å²) in [7, 11) is -4.48. The van der Waals surface area contributed by atoms with Gasteiger partial charge in [0, 0.05) is 28.2 Å². The lowest BCUT2D eigenvalue weighted by molar-refractivity contribution is -0.192. The van der Waals surface area contributed by atoms with Crippen LogP contribution < -0.4 is 15.2 Å². The van der Waals surface area contributed by atoms with E-state index in [1.807, 2.05) is 0 Å². The molecule has 4 N–H and O–H groups in total. The molecule has 1 saturated carbocycles. The summed E-state index contributed by atoms with van der Waals surface area (Å²) in [5.41, 5.74) is 5.66. The first kappa shape index (κ1) is 36.0. The van der Waals surface area contributed by atoms with Crippen LogP contribution in [0.4, 0.5) is 22.0 Å². The van der Waals surface area contributed by atoms with Crippen LogP contribution >= 0.6 is 15.9 Å². The van der Waals surface area contributed by atoms with Crippen LogP contribution in [0, 0.1) is 5.92 Å². The molecule has 2 aromatic carbocycles. The van der Waals surface area contributed by atoms with Crippen molar-refractivity contribution in [3.63, 3.8) is 0 Å². The van der Waals surface area contributed by atoms with Gasteiger partial charge in [-0.25, -0.2) is 13.2 Å². The Morgan fingerprint density at radius 2 is 1.48 bits per heavy atom. The Morgan fingerprint density at radius 1 is 0.957 bits per heavy atom. The van der Waals surface area contributed by atoms with E-state index in [4.69, 9.17) is 20.4 Å². The molecule has 1 amide bonds. The van der Waals surface area contributed by atoms with Crippen molar-refractivity contribution < 1.29 is 49.8 Å². The largest absolute Gasteiger partial charge is 0.493 e. The maximum absolute atomic E-state index is 16.0. The molecule has 0 aromatic heterocycles. The summed E-state index contributed by atoms with van der Waals surface area (Å²) < 4.78 is 99.1. The second-order valence-electron chi connectivity index (χ2n) is 11.8. The van der Waals surface area contributed by atoms with Crippen molar-refractivity contribution in [1.82, 2.24) is 9.62 Å². The molecule has 2 aliphatic heterocycles. The Balaban J connectivity index is 0.000000617. The number of hydrogen-bond donors (Lipinski definition) is 3. The van der Waals surface area contributed by atoms with E-state index in [1.54, 1.807) is 0 Å². The van der Waals surface area contributed by atoms with E-state index < -0.39 is 45.6 Å².